The molecule has 0 aliphatic carbocycles. The Morgan fingerprint density at radius 1 is 1.29 bits per heavy atom. The minimum absolute atomic E-state index is 0.169. The second-order valence-corrected chi connectivity index (χ2v) is 2.64. The van der Waals surface area contributed by atoms with Gasteiger partial charge in [-0.3, -0.25) is 0 Å². The fourth-order valence-corrected chi connectivity index (χ4v) is 1.01. The SMILES string of the molecule is N#Cc1ccccc1C(O)C(F)(F)F. The van der Waals surface area contributed by atoms with Crippen LogP contribution in [0.15, 0.2) is 24.3 Å². The molecule has 0 aromatic heterocycles. The van der Waals surface area contributed by atoms with Gasteiger partial charge in [0, 0.05) is 5.56 Å². The lowest BCUT2D eigenvalue weighted by atomic mass is 10.0. The van der Waals surface area contributed by atoms with E-state index in [0.29, 0.717) is 0 Å². The Balaban J connectivity index is 3.14. The molecule has 74 valence electrons. The molecule has 2 nitrogen and oxygen atoms in total. The van der Waals surface area contributed by atoms with Gasteiger partial charge in [0.05, 0.1) is 11.6 Å². The Morgan fingerprint density at radius 3 is 2.36 bits per heavy atom. The molecule has 0 aliphatic rings. The van der Waals surface area contributed by atoms with Gasteiger partial charge in [-0.25, -0.2) is 0 Å². The van der Waals surface area contributed by atoms with Crippen LogP contribution in [0.3, 0.4) is 0 Å². The van der Waals surface area contributed by atoms with Crippen LogP contribution in [-0.2, 0) is 0 Å². The first-order valence-electron chi connectivity index (χ1n) is 3.70. The fraction of sp³-hybridized carbons (Fsp3) is 0.222. The number of nitriles is 1. The Bertz CT molecular complexity index is 367. The minimum atomic E-state index is -4.74. The van der Waals surface area contributed by atoms with Crippen molar-refractivity contribution in [1.29, 1.82) is 5.26 Å². The van der Waals surface area contributed by atoms with Gasteiger partial charge in [0.1, 0.15) is 0 Å². The first-order valence-corrected chi connectivity index (χ1v) is 3.70. The molecular weight excluding hydrogens is 195 g/mol. The standard InChI is InChI=1S/C9H6F3NO/c10-9(11,12)8(14)7-4-2-1-3-6(7)5-13/h1-4,8,14H. The Kier molecular flexibility index (Phi) is 2.77. The van der Waals surface area contributed by atoms with Crippen molar-refractivity contribution in [2.45, 2.75) is 12.3 Å². The minimum Gasteiger partial charge on any atom is -0.379 e. The molecule has 1 unspecified atom stereocenters. The highest BCUT2D eigenvalue weighted by Crippen LogP contribution is 2.33. The summed E-state index contributed by atoms with van der Waals surface area (Å²) in [6.45, 7) is 0. The molecule has 1 rings (SSSR count). The van der Waals surface area contributed by atoms with Crippen molar-refractivity contribution in [2.75, 3.05) is 0 Å². The van der Waals surface area contributed by atoms with Gasteiger partial charge in [-0.1, -0.05) is 18.2 Å². The van der Waals surface area contributed by atoms with E-state index >= 15 is 0 Å². The van der Waals surface area contributed by atoms with Gasteiger partial charge in [-0.15, -0.1) is 0 Å². The Hall–Kier alpha value is -1.54. The van der Waals surface area contributed by atoms with E-state index in [1.807, 2.05) is 0 Å². The summed E-state index contributed by atoms with van der Waals surface area (Å²) in [6.07, 6.45) is -7.34. The quantitative estimate of drug-likeness (QED) is 0.756. The van der Waals surface area contributed by atoms with Crippen LogP contribution in [0.25, 0.3) is 0 Å². The normalized spacial score (nSPS) is 13.4. The van der Waals surface area contributed by atoms with Crippen molar-refractivity contribution in [1.82, 2.24) is 0 Å². The van der Waals surface area contributed by atoms with Crippen LogP contribution in [0.1, 0.15) is 17.2 Å². The van der Waals surface area contributed by atoms with Crippen LogP contribution in [0.4, 0.5) is 13.2 Å². The summed E-state index contributed by atoms with van der Waals surface area (Å²) in [6, 6.07) is 6.67. The maximum atomic E-state index is 12.1. The lowest BCUT2D eigenvalue weighted by Crippen LogP contribution is -2.21. The maximum Gasteiger partial charge on any atom is 0.418 e. The van der Waals surface area contributed by atoms with E-state index < -0.39 is 17.8 Å². The summed E-state index contributed by atoms with van der Waals surface area (Å²) in [5.74, 6) is 0. The van der Waals surface area contributed by atoms with Gasteiger partial charge >= 0.3 is 6.18 Å². The molecule has 0 spiro atoms. The van der Waals surface area contributed by atoms with Crippen molar-refractivity contribution in [3.05, 3.63) is 35.4 Å². The van der Waals surface area contributed by atoms with Gasteiger partial charge in [-0.2, -0.15) is 18.4 Å². The summed E-state index contributed by atoms with van der Waals surface area (Å²) in [4.78, 5) is 0. The molecule has 0 saturated heterocycles. The molecule has 1 aromatic carbocycles. The van der Waals surface area contributed by atoms with Crippen molar-refractivity contribution < 1.29 is 18.3 Å². The van der Waals surface area contributed by atoms with Crippen molar-refractivity contribution in [3.63, 3.8) is 0 Å². The van der Waals surface area contributed by atoms with Crippen molar-refractivity contribution in [3.8, 4) is 6.07 Å². The van der Waals surface area contributed by atoms with E-state index in [4.69, 9.17) is 10.4 Å². The molecule has 0 fully saturated rings. The summed E-state index contributed by atoms with van der Waals surface area (Å²) in [5, 5.41) is 17.4. The van der Waals surface area contributed by atoms with E-state index in [0.717, 1.165) is 6.07 Å². The molecule has 0 amide bonds. The van der Waals surface area contributed by atoms with E-state index in [1.54, 1.807) is 6.07 Å². The van der Waals surface area contributed by atoms with Crippen molar-refractivity contribution >= 4 is 0 Å². The van der Waals surface area contributed by atoms with Crippen LogP contribution < -0.4 is 0 Å². The summed E-state index contributed by atoms with van der Waals surface area (Å²) < 4.78 is 36.3. The average Bonchev–Trinajstić information content (AvgIpc) is 2.15. The molecule has 1 N–H and O–H groups in total. The summed E-state index contributed by atoms with van der Waals surface area (Å²) >= 11 is 0. The van der Waals surface area contributed by atoms with Crippen LogP contribution in [0.2, 0.25) is 0 Å². The highest BCUT2D eigenvalue weighted by atomic mass is 19.4. The number of hydrogen-bond acceptors (Lipinski definition) is 2. The van der Waals surface area contributed by atoms with Crippen LogP contribution >= 0.6 is 0 Å². The third-order valence-electron chi connectivity index (χ3n) is 1.69. The molecule has 0 aliphatic heterocycles. The topological polar surface area (TPSA) is 44.0 Å². The molecule has 5 heteroatoms. The zero-order chi connectivity index (χ0) is 10.8. The zero-order valence-corrected chi connectivity index (χ0v) is 6.92. The molecule has 0 bridgehead atoms. The first kappa shape index (κ1) is 10.5. The predicted molar refractivity (Wildman–Crippen MR) is 42.2 cm³/mol. The number of nitrogens with zero attached hydrogens (tertiary/aromatic N) is 1. The third kappa shape index (κ3) is 2.03. The first-order chi connectivity index (χ1) is 6.46. The largest absolute Gasteiger partial charge is 0.418 e. The predicted octanol–water partition coefficient (Wildman–Crippen LogP) is 2.15. The highest BCUT2D eigenvalue weighted by Gasteiger charge is 2.40. The smallest absolute Gasteiger partial charge is 0.379 e. The number of rotatable bonds is 1. The zero-order valence-electron chi connectivity index (χ0n) is 6.92. The van der Waals surface area contributed by atoms with Crippen LogP contribution in [0.5, 0.6) is 0 Å². The fourth-order valence-electron chi connectivity index (χ4n) is 1.01. The summed E-state index contributed by atoms with van der Waals surface area (Å²) in [7, 11) is 0. The Morgan fingerprint density at radius 2 is 1.86 bits per heavy atom. The van der Waals surface area contributed by atoms with Crippen molar-refractivity contribution in [2.24, 2.45) is 0 Å². The number of hydrogen-bond donors (Lipinski definition) is 1. The number of halogens is 3. The number of aliphatic hydroxyl groups excluding tert-OH is 1. The summed E-state index contributed by atoms with van der Waals surface area (Å²) in [5.41, 5.74) is -0.583. The van der Waals surface area contributed by atoms with Gasteiger partial charge in [0.15, 0.2) is 6.10 Å². The molecule has 14 heavy (non-hydrogen) atoms. The van der Waals surface area contributed by atoms with E-state index in [2.05, 4.69) is 0 Å². The van der Waals surface area contributed by atoms with E-state index in [9.17, 15) is 13.2 Å². The van der Waals surface area contributed by atoms with Gasteiger partial charge in [-0.05, 0) is 6.07 Å². The lowest BCUT2D eigenvalue weighted by molar-refractivity contribution is -0.206. The van der Waals surface area contributed by atoms with E-state index in [1.165, 1.54) is 18.2 Å². The maximum absolute atomic E-state index is 12.1. The van der Waals surface area contributed by atoms with Gasteiger partial charge < -0.3 is 5.11 Å². The second kappa shape index (κ2) is 3.68. The van der Waals surface area contributed by atoms with Crippen LogP contribution in [0, 0.1) is 11.3 Å². The van der Waals surface area contributed by atoms with E-state index in [-0.39, 0.29) is 5.56 Å². The number of benzene rings is 1. The molecule has 1 aromatic rings. The molecule has 0 saturated carbocycles. The molecule has 0 radical (unpaired) electrons. The van der Waals surface area contributed by atoms with Gasteiger partial charge in [0.2, 0.25) is 0 Å². The third-order valence-corrected chi connectivity index (χ3v) is 1.69. The van der Waals surface area contributed by atoms with Gasteiger partial charge in [0.25, 0.3) is 0 Å². The molecule has 0 heterocycles. The monoisotopic (exact) mass is 201 g/mol. The molecule has 1 atom stereocenters. The van der Waals surface area contributed by atoms with Crippen LogP contribution in [-0.4, -0.2) is 11.3 Å². The number of alkyl halides is 3. The Labute approximate surface area is 78.2 Å². The highest BCUT2D eigenvalue weighted by molar-refractivity contribution is 5.39. The molecular formula is C9H6F3NO. The number of aliphatic hydroxyl groups is 1. The average molecular weight is 201 g/mol. The lowest BCUT2D eigenvalue weighted by Gasteiger charge is -2.15. The second-order valence-electron chi connectivity index (χ2n) is 2.64.